The molecule has 0 aromatic carbocycles. The Morgan fingerprint density at radius 2 is 2.30 bits per heavy atom. The molecule has 0 aliphatic carbocycles. The van der Waals surface area contributed by atoms with Crippen LogP contribution in [0.25, 0.3) is 0 Å². The molecule has 1 saturated heterocycles. The van der Waals surface area contributed by atoms with Gasteiger partial charge in [0.25, 0.3) is 0 Å². The zero-order valence-electron chi connectivity index (χ0n) is 13.4. The molecule has 2 atom stereocenters. The molecular formula is C16H20N4O3. The van der Waals surface area contributed by atoms with E-state index < -0.39 is 0 Å². The van der Waals surface area contributed by atoms with Crippen LogP contribution in [-0.2, 0) is 16.6 Å². The number of nitrogens with zero attached hydrogens (tertiary/aromatic N) is 3. The minimum atomic E-state index is -0.318. The molecule has 2 aromatic rings. The second-order valence-electron chi connectivity index (χ2n) is 5.56. The summed E-state index contributed by atoms with van der Waals surface area (Å²) in [4.78, 5) is 21.2. The Bertz CT molecular complexity index is 713. The van der Waals surface area contributed by atoms with E-state index in [4.69, 9.17) is 9.47 Å². The van der Waals surface area contributed by atoms with E-state index in [1.54, 1.807) is 25.4 Å². The maximum atomic E-state index is 12.7. The van der Waals surface area contributed by atoms with Gasteiger partial charge in [0.05, 0.1) is 24.4 Å². The number of pyridine rings is 1. The smallest absolute Gasteiger partial charge is 0.230 e. The van der Waals surface area contributed by atoms with Crippen molar-refractivity contribution in [3.8, 4) is 5.88 Å². The standard InChI is InChI=1S/C16H20N4O3/c1-10-12(4-5-13(18-10)22-3)19-16(21)11-6-9-23-14(11)15-17-7-8-20(15)2/h4-5,7-8,11,14H,6,9H2,1-3H3,(H,19,21)/t11-,14-/m1/s1. The number of hydrogen-bond donors (Lipinski definition) is 1. The lowest BCUT2D eigenvalue weighted by Crippen LogP contribution is -2.27. The number of carbonyl (C=O) groups excluding carboxylic acids is 1. The molecule has 122 valence electrons. The van der Waals surface area contributed by atoms with Crippen LogP contribution in [0.2, 0.25) is 0 Å². The van der Waals surface area contributed by atoms with E-state index in [0.29, 0.717) is 30.3 Å². The topological polar surface area (TPSA) is 78.3 Å². The van der Waals surface area contributed by atoms with Crippen LogP contribution in [0.1, 0.15) is 24.0 Å². The molecule has 0 saturated carbocycles. The van der Waals surface area contributed by atoms with Crippen molar-refractivity contribution in [3.05, 3.63) is 36.0 Å². The van der Waals surface area contributed by atoms with E-state index in [1.165, 1.54) is 0 Å². The lowest BCUT2D eigenvalue weighted by Gasteiger charge is -2.18. The molecule has 1 amide bonds. The monoisotopic (exact) mass is 316 g/mol. The summed E-state index contributed by atoms with van der Waals surface area (Å²) in [5, 5.41) is 2.94. The number of hydrogen-bond acceptors (Lipinski definition) is 5. The highest BCUT2D eigenvalue weighted by molar-refractivity contribution is 5.93. The Balaban J connectivity index is 1.76. The average molecular weight is 316 g/mol. The Morgan fingerprint density at radius 1 is 1.48 bits per heavy atom. The zero-order valence-corrected chi connectivity index (χ0v) is 13.4. The Kier molecular flexibility index (Phi) is 4.29. The third kappa shape index (κ3) is 3.05. The zero-order chi connectivity index (χ0) is 16.4. The van der Waals surface area contributed by atoms with Crippen molar-refractivity contribution in [1.29, 1.82) is 0 Å². The highest BCUT2D eigenvalue weighted by Gasteiger charge is 2.37. The van der Waals surface area contributed by atoms with Gasteiger partial charge >= 0.3 is 0 Å². The van der Waals surface area contributed by atoms with Crippen molar-refractivity contribution in [2.24, 2.45) is 13.0 Å². The molecule has 3 heterocycles. The largest absolute Gasteiger partial charge is 0.481 e. The fraction of sp³-hybridized carbons (Fsp3) is 0.438. The number of anilines is 1. The van der Waals surface area contributed by atoms with Gasteiger partial charge in [-0.1, -0.05) is 0 Å². The highest BCUT2D eigenvalue weighted by atomic mass is 16.5. The second kappa shape index (κ2) is 6.37. The van der Waals surface area contributed by atoms with E-state index in [9.17, 15) is 4.79 Å². The first-order valence-corrected chi connectivity index (χ1v) is 7.51. The molecule has 0 bridgehead atoms. The molecule has 0 unspecified atom stereocenters. The summed E-state index contributed by atoms with van der Waals surface area (Å²) in [6.07, 6.45) is 3.92. The SMILES string of the molecule is COc1ccc(NC(=O)[C@@H]2CCO[C@H]2c2nccn2C)c(C)n1. The summed E-state index contributed by atoms with van der Waals surface area (Å²) in [6.45, 7) is 2.38. The number of nitrogens with one attached hydrogen (secondary N) is 1. The average Bonchev–Trinajstić information content (AvgIpc) is 3.17. The van der Waals surface area contributed by atoms with Crippen LogP contribution >= 0.6 is 0 Å². The number of aryl methyl sites for hydroxylation is 2. The van der Waals surface area contributed by atoms with Crippen molar-refractivity contribution >= 4 is 11.6 Å². The van der Waals surface area contributed by atoms with Gasteiger partial charge in [-0.05, 0) is 19.4 Å². The maximum Gasteiger partial charge on any atom is 0.230 e. The van der Waals surface area contributed by atoms with Crippen LogP contribution in [0, 0.1) is 12.8 Å². The van der Waals surface area contributed by atoms with E-state index in [1.807, 2.05) is 24.7 Å². The highest BCUT2D eigenvalue weighted by Crippen LogP contribution is 2.34. The number of carbonyl (C=O) groups is 1. The molecule has 7 nitrogen and oxygen atoms in total. The van der Waals surface area contributed by atoms with E-state index in [2.05, 4.69) is 15.3 Å². The minimum absolute atomic E-state index is 0.0782. The van der Waals surface area contributed by atoms with Gasteiger partial charge in [-0.25, -0.2) is 9.97 Å². The summed E-state index contributed by atoms with van der Waals surface area (Å²) in [5.41, 5.74) is 1.39. The van der Waals surface area contributed by atoms with Gasteiger partial charge in [0.2, 0.25) is 11.8 Å². The van der Waals surface area contributed by atoms with Gasteiger partial charge < -0.3 is 19.4 Å². The van der Waals surface area contributed by atoms with Gasteiger partial charge in [0.15, 0.2) is 0 Å². The van der Waals surface area contributed by atoms with Crippen molar-refractivity contribution in [1.82, 2.24) is 14.5 Å². The third-order valence-electron chi connectivity index (χ3n) is 4.07. The lowest BCUT2D eigenvalue weighted by atomic mass is 9.99. The fourth-order valence-electron chi connectivity index (χ4n) is 2.77. The maximum absolute atomic E-state index is 12.7. The molecule has 0 spiro atoms. The first-order chi connectivity index (χ1) is 11.1. The third-order valence-corrected chi connectivity index (χ3v) is 4.07. The molecular weight excluding hydrogens is 296 g/mol. The van der Waals surface area contributed by atoms with Crippen LogP contribution in [0.3, 0.4) is 0 Å². The van der Waals surface area contributed by atoms with Crippen LogP contribution in [-0.4, -0.2) is 34.2 Å². The normalized spacial score (nSPS) is 20.5. The van der Waals surface area contributed by atoms with E-state index >= 15 is 0 Å². The molecule has 1 aliphatic heterocycles. The number of rotatable bonds is 4. The van der Waals surface area contributed by atoms with Crippen molar-refractivity contribution in [2.45, 2.75) is 19.4 Å². The van der Waals surface area contributed by atoms with Crippen molar-refractivity contribution in [2.75, 3.05) is 19.0 Å². The molecule has 0 radical (unpaired) electrons. The molecule has 3 rings (SSSR count). The molecule has 23 heavy (non-hydrogen) atoms. The van der Waals surface area contributed by atoms with Crippen LogP contribution < -0.4 is 10.1 Å². The van der Waals surface area contributed by atoms with E-state index in [-0.39, 0.29) is 17.9 Å². The summed E-state index contributed by atoms with van der Waals surface area (Å²) >= 11 is 0. The summed E-state index contributed by atoms with van der Waals surface area (Å²) in [6, 6.07) is 3.52. The Morgan fingerprint density at radius 3 is 2.96 bits per heavy atom. The number of aromatic nitrogens is 3. The number of methoxy groups -OCH3 is 1. The lowest BCUT2D eigenvalue weighted by molar-refractivity contribution is -0.121. The first-order valence-electron chi connectivity index (χ1n) is 7.51. The summed E-state index contributed by atoms with van der Waals surface area (Å²) in [7, 11) is 3.46. The fourth-order valence-corrected chi connectivity index (χ4v) is 2.77. The quantitative estimate of drug-likeness (QED) is 0.931. The molecule has 2 aromatic heterocycles. The predicted molar refractivity (Wildman–Crippen MR) is 84.2 cm³/mol. The Hall–Kier alpha value is -2.41. The van der Waals surface area contributed by atoms with Crippen LogP contribution in [0.15, 0.2) is 24.5 Å². The number of imidazole rings is 1. The first kappa shape index (κ1) is 15.5. The number of amides is 1. The second-order valence-corrected chi connectivity index (χ2v) is 5.56. The summed E-state index contributed by atoms with van der Waals surface area (Å²) in [5.74, 6) is 0.950. The Labute approximate surface area is 134 Å². The van der Waals surface area contributed by atoms with Crippen LogP contribution in [0.4, 0.5) is 5.69 Å². The molecule has 7 heteroatoms. The van der Waals surface area contributed by atoms with Gasteiger partial charge in [-0.2, -0.15) is 0 Å². The van der Waals surface area contributed by atoms with Gasteiger partial charge in [0.1, 0.15) is 11.9 Å². The molecule has 1 fully saturated rings. The van der Waals surface area contributed by atoms with E-state index in [0.717, 1.165) is 5.82 Å². The number of ether oxygens (including phenoxy) is 2. The van der Waals surface area contributed by atoms with Gasteiger partial charge in [-0.15, -0.1) is 0 Å². The van der Waals surface area contributed by atoms with Crippen molar-refractivity contribution in [3.63, 3.8) is 0 Å². The van der Waals surface area contributed by atoms with Gasteiger partial charge in [-0.3, -0.25) is 4.79 Å². The van der Waals surface area contributed by atoms with Crippen LogP contribution in [0.5, 0.6) is 5.88 Å². The molecule has 1 N–H and O–H groups in total. The summed E-state index contributed by atoms with van der Waals surface area (Å²) < 4.78 is 12.7. The van der Waals surface area contributed by atoms with Crippen molar-refractivity contribution < 1.29 is 14.3 Å². The minimum Gasteiger partial charge on any atom is -0.481 e. The predicted octanol–water partition coefficient (Wildman–Crippen LogP) is 1.85. The van der Waals surface area contributed by atoms with Gasteiger partial charge in [0, 0.05) is 32.1 Å². The molecule has 1 aliphatic rings.